The van der Waals surface area contributed by atoms with E-state index in [1.165, 1.54) is 19.3 Å². The summed E-state index contributed by atoms with van der Waals surface area (Å²) in [4.78, 5) is 8.63. The second kappa shape index (κ2) is 5.34. The molecule has 17 heavy (non-hydrogen) atoms. The van der Waals surface area contributed by atoms with Gasteiger partial charge in [-0.3, -0.25) is 4.98 Å². The van der Waals surface area contributed by atoms with E-state index in [2.05, 4.69) is 34.4 Å². The van der Waals surface area contributed by atoms with Gasteiger partial charge in [-0.15, -0.1) is 0 Å². The van der Waals surface area contributed by atoms with Crippen LogP contribution in [0.1, 0.15) is 33.1 Å². The first-order valence-corrected chi connectivity index (χ1v) is 6.45. The van der Waals surface area contributed by atoms with Crippen LogP contribution in [0.25, 0.3) is 0 Å². The molecule has 0 amide bonds. The summed E-state index contributed by atoms with van der Waals surface area (Å²) in [6, 6.07) is 0.535. The highest BCUT2D eigenvalue weighted by Gasteiger charge is 2.25. The summed E-state index contributed by atoms with van der Waals surface area (Å²) in [7, 11) is 1.86. The van der Waals surface area contributed by atoms with Gasteiger partial charge in [-0.25, -0.2) is 4.98 Å². The smallest absolute Gasteiger partial charge is 0.147 e. The molecule has 2 N–H and O–H groups in total. The van der Waals surface area contributed by atoms with Crippen LogP contribution in [-0.4, -0.2) is 23.1 Å². The maximum Gasteiger partial charge on any atom is 0.147 e. The minimum absolute atomic E-state index is 0.535. The van der Waals surface area contributed by atoms with Gasteiger partial charge in [0, 0.05) is 13.1 Å². The van der Waals surface area contributed by atoms with Crippen molar-refractivity contribution in [2.75, 3.05) is 17.7 Å². The number of nitrogens with zero attached hydrogens (tertiary/aromatic N) is 2. The van der Waals surface area contributed by atoms with Crippen molar-refractivity contribution in [2.45, 2.75) is 39.2 Å². The molecule has 3 unspecified atom stereocenters. The van der Waals surface area contributed by atoms with Crippen molar-refractivity contribution in [3.63, 3.8) is 0 Å². The number of nitrogens with one attached hydrogen (secondary N) is 2. The minimum Gasteiger partial charge on any atom is -0.372 e. The molecule has 3 atom stereocenters. The summed E-state index contributed by atoms with van der Waals surface area (Å²) in [5.74, 6) is 3.26. The fraction of sp³-hybridized carbons (Fsp3) is 0.692. The summed E-state index contributed by atoms with van der Waals surface area (Å²) in [6.07, 6.45) is 7.37. The van der Waals surface area contributed by atoms with Gasteiger partial charge in [0.1, 0.15) is 11.6 Å². The van der Waals surface area contributed by atoms with Crippen molar-refractivity contribution in [1.82, 2.24) is 9.97 Å². The third-order valence-electron chi connectivity index (χ3n) is 3.66. The monoisotopic (exact) mass is 234 g/mol. The van der Waals surface area contributed by atoms with Gasteiger partial charge in [0.25, 0.3) is 0 Å². The lowest BCUT2D eigenvalue weighted by Crippen LogP contribution is -2.33. The molecule has 0 aromatic carbocycles. The van der Waals surface area contributed by atoms with Crippen LogP contribution in [0, 0.1) is 11.8 Å². The number of hydrogen-bond acceptors (Lipinski definition) is 4. The van der Waals surface area contributed by atoms with E-state index in [-0.39, 0.29) is 0 Å². The molecule has 1 aliphatic rings. The predicted molar refractivity (Wildman–Crippen MR) is 71.2 cm³/mol. The molecule has 1 aliphatic carbocycles. The maximum atomic E-state index is 4.45. The Hall–Kier alpha value is -1.32. The second-order valence-corrected chi connectivity index (χ2v) is 5.19. The Kier molecular flexibility index (Phi) is 3.82. The zero-order valence-corrected chi connectivity index (χ0v) is 10.9. The third-order valence-corrected chi connectivity index (χ3v) is 3.66. The van der Waals surface area contributed by atoms with Crippen LogP contribution in [-0.2, 0) is 0 Å². The molecule has 0 saturated heterocycles. The largest absolute Gasteiger partial charge is 0.372 e. The predicted octanol–water partition coefficient (Wildman–Crippen LogP) is 2.75. The van der Waals surface area contributed by atoms with Crippen molar-refractivity contribution in [3.05, 3.63) is 12.4 Å². The second-order valence-electron chi connectivity index (χ2n) is 5.19. The highest BCUT2D eigenvalue weighted by atomic mass is 15.1. The fourth-order valence-corrected chi connectivity index (χ4v) is 2.63. The van der Waals surface area contributed by atoms with Gasteiger partial charge in [-0.1, -0.05) is 13.8 Å². The molecule has 0 bridgehead atoms. The van der Waals surface area contributed by atoms with Gasteiger partial charge in [-0.2, -0.15) is 0 Å². The van der Waals surface area contributed by atoms with Crippen molar-refractivity contribution in [1.29, 1.82) is 0 Å². The Bertz CT molecular complexity index is 366. The van der Waals surface area contributed by atoms with E-state index in [9.17, 15) is 0 Å². The normalized spacial score (nSPS) is 28.8. The van der Waals surface area contributed by atoms with Crippen LogP contribution in [0.4, 0.5) is 11.6 Å². The summed E-state index contributed by atoms with van der Waals surface area (Å²) >= 11 is 0. The SMILES string of the molecule is CNc1cncc(NC2CCC(C)CC2C)n1. The molecule has 1 saturated carbocycles. The standard InChI is InChI=1S/C13H22N4/c1-9-4-5-11(10(2)6-9)16-13-8-15-7-12(14-3)17-13/h7-11H,4-6H2,1-3H3,(H2,14,16,17). The highest BCUT2D eigenvalue weighted by molar-refractivity contribution is 5.41. The first-order valence-electron chi connectivity index (χ1n) is 6.45. The summed E-state index contributed by atoms with van der Waals surface area (Å²) in [5, 5.41) is 6.52. The van der Waals surface area contributed by atoms with Crippen molar-refractivity contribution in [3.8, 4) is 0 Å². The Morgan fingerprint density at radius 3 is 2.65 bits per heavy atom. The molecule has 4 heteroatoms. The number of rotatable bonds is 3. The number of anilines is 2. The summed E-state index contributed by atoms with van der Waals surface area (Å²) < 4.78 is 0. The molecular formula is C13H22N4. The molecule has 1 aromatic rings. The van der Waals surface area contributed by atoms with Crippen LogP contribution in [0.2, 0.25) is 0 Å². The van der Waals surface area contributed by atoms with Crippen molar-refractivity contribution >= 4 is 11.6 Å². The molecule has 0 aliphatic heterocycles. The van der Waals surface area contributed by atoms with E-state index in [4.69, 9.17) is 0 Å². The lowest BCUT2D eigenvalue weighted by molar-refractivity contribution is 0.276. The minimum atomic E-state index is 0.535. The highest BCUT2D eigenvalue weighted by Crippen LogP contribution is 2.30. The molecule has 1 heterocycles. The van der Waals surface area contributed by atoms with E-state index < -0.39 is 0 Å². The van der Waals surface area contributed by atoms with E-state index in [0.717, 1.165) is 17.6 Å². The molecule has 0 radical (unpaired) electrons. The topological polar surface area (TPSA) is 49.8 Å². The molecule has 94 valence electrons. The molecule has 4 nitrogen and oxygen atoms in total. The Balaban J connectivity index is 2.00. The van der Waals surface area contributed by atoms with Gasteiger partial charge < -0.3 is 10.6 Å². The van der Waals surface area contributed by atoms with E-state index in [0.29, 0.717) is 12.0 Å². The van der Waals surface area contributed by atoms with Crippen LogP contribution >= 0.6 is 0 Å². The van der Waals surface area contributed by atoms with Crippen molar-refractivity contribution in [2.24, 2.45) is 11.8 Å². The zero-order valence-electron chi connectivity index (χ0n) is 10.9. The van der Waals surface area contributed by atoms with Crippen LogP contribution in [0.15, 0.2) is 12.4 Å². The Labute approximate surface area is 103 Å². The van der Waals surface area contributed by atoms with Gasteiger partial charge in [0.2, 0.25) is 0 Å². The summed E-state index contributed by atoms with van der Waals surface area (Å²) in [6.45, 7) is 4.66. The van der Waals surface area contributed by atoms with Gasteiger partial charge in [0.05, 0.1) is 12.4 Å². The van der Waals surface area contributed by atoms with E-state index in [1.54, 1.807) is 12.4 Å². The first kappa shape index (κ1) is 12.1. The fourth-order valence-electron chi connectivity index (χ4n) is 2.63. The lowest BCUT2D eigenvalue weighted by Gasteiger charge is -2.33. The lowest BCUT2D eigenvalue weighted by atomic mass is 9.80. The first-order chi connectivity index (χ1) is 8.19. The molecular weight excluding hydrogens is 212 g/mol. The van der Waals surface area contributed by atoms with Crippen molar-refractivity contribution < 1.29 is 0 Å². The Morgan fingerprint density at radius 2 is 1.94 bits per heavy atom. The Morgan fingerprint density at radius 1 is 1.18 bits per heavy atom. The average Bonchev–Trinajstić information content (AvgIpc) is 2.33. The number of hydrogen-bond donors (Lipinski definition) is 2. The molecule has 2 rings (SSSR count). The van der Waals surface area contributed by atoms with E-state index in [1.807, 2.05) is 7.05 Å². The zero-order chi connectivity index (χ0) is 12.3. The average molecular weight is 234 g/mol. The van der Waals surface area contributed by atoms with Gasteiger partial charge >= 0.3 is 0 Å². The van der Waals surface area contributed by atoms with Gasteiger partial charge in [-0.05, 0) is 31.1 Å². The molecule has 1 aromatic heterocycles. The molecule has 0 spiro atoms. The summed E-state index contributed by atoms with van der Waals surface area (Å²) in [5.41, 5.74) is 0. The quantitative estimate of drug-likeness (QED) is 0.844. The van der Waals surface area contributed by atoms with Crippen LogP contribution in [0.5, 0.6) is 0 Å². The van der Waals surface area contributed by atoms with Crippen LogP contribution in [0.3, 0.4) is 0 Å². The van der Waals surface area contributed by atoms with E-state index >= 15 is 0 Å². The maximum absolute atomic E-state index is 4.45. The van der Waals surface area contributed by atoms with Crippen LogP contribution < -0.4 is 10.6 Å². The van der Waals surface area contributed by atoms with Gasteiger partial charge in [0.15, 0.2) is 0 Å². The number of aromatic nitrogens is 2. The molecule has 1 fully saturated rings. The third kappa shape index (κ3) is 3.08.